The van der Waals surface area contributed by atoms with Crippen LogP contribution >= 0.6 is 22.6 Å². The first-order chi connectivity index (χ1) is 12.8. The van der Waals surface area contributed by atoms with Gasteiger partial charge in [0.15, 0.2) is 0 Å². The normalized spacial score (nSPS) is 33.9. The molecule has 4 nitrogen and oxygen atoms in total. The van der Waals surface area contributed by atoms with Crippen molar-refractivity contribution in [2.45, 2.75) is 93.6 Å². The van der Waals surface area contributed by atoms with Crippen LogP contribution in [0.15, 0.2) is 12.2 Å². The Morgan fingerprint density at radius 2 is 2.07 bits per heavy atom. The number of carbonyl (C=O) groups is 1. The van der Waals surface area contributed by atoms with Crippen LogP contribution in [0.4, 0.5) is 4.39 Å². The fourth-order valence-corrected chi connectivity index (χ4v) is 5.42. The largest absolute Gasteiger partial charge is 0.481 e. The Kier molecular flexibility index (Phi) is 9.48. The van der Waals surface area contributed by atoms with Gasteiger partial charge in [-0.1, -0.05) is 61.4 Å². The van der Waals surface area contributed by atoms with Crippen LogP contribution in [-0.2, 0) is 9.53 Å². The number of hydrogen-bond acceptors (Lipinski definition) is 3. The molecular formula is C21H34FIO4. The first-order valence-electron chi connectivity index (χ1n) is 10.3. The number of carboxylic acid groups (broad SMARTS) is 1. The molecule has 6 heteroatoms. The number of rotatable bonds is 11. The van der Waals surface area contributed by atoms with Gasteiger partial charge < -0.3 is 14.9 Å². The summed E-state index contributed by atoms with van der Waals surface area (Å²) in [4.78, 5) is 10.7. The lowest BCUT2D eigenvalue weighted by Crippen LogP contribution is -2.23. The Morgan fingerprint density at radius 1 is 1.33 bits per heavy atom. The molecule has 1 saturated heterocycles. The van der Waals surface area contributed by atoms with Crippen molar-refractivity contribution >= 4 is 28.6 Å². The summed E-state index contributed by atoms with van der Waals surface area (Å²) in [6.07, 6.45) is 7.73. The molecule has 0 spiro atoms. The number of carboxylic acids is 1. The van der Waals surface area contributed by atoms with Crippen molar-refractivity contribution in [3.63, 3.8) is 0 Å². The van der Waals surface area contributed by atoms with Gasteiger partial charge in [0.25, 0.3) is 0 Å². The first kappa shape index (κ1) is 23.1. The highest BCUT2D eigenvalue weighted by Gasteiger charge is 2.48. The topological polar surface area (TPSA) is 66.8 Å². The number of allylic oxidation sites excluding steroid dienone is 1. The fraction of sp³-hybridized carbons (Fsp3) is 0.857. The van der Waals surface area contributed by atoms with E-state index in [1.54, 1.807) is 6.08 Å². The molecule has 0 aromatic heterocycles. The van der Waals surface area contributed by atoms with Gasteiger partial charge in [0.05, 0.1) is 12.2 Å². The molecule has 2 N–H and O–H groups in total. The van der Waals surface area contributed by atoms with E-state index < -0.39 is 18.2 Å². The molecule has 0 unspecified atom stereocenters. The molecule has 8 atom stereocenters. The number of fused-ring (bicyclic) bond motifs is 1. The number of aliphatic hydroxyl groups excluding tert-OH is 1. The lowest BCUT2D eigenvalue weighted by Gasteiger charge is -2.21. The lowest BCUT2D eigenvalue weighted by atomic mass is 9.86. The molecule has 27 heavy (non-hydrogen) atoms. The molecule has 0 bridgehead atoms. The Hall–Kier alpha value is -0.210. The Labute approximate surface area is 176 Å². The van der Waals surface area contributed by atoms with Crippen molar-refractivity contribution in [2.75, 3.05) is 0 Å². The van der Waals surface area contributed by atoms with E-state index in [-0.39, 0.29) is 18.6 Å². The maximum Gasteiger partial charge on any atom is 0.303 e. The number of alkyl halides is 2. The zero-order valence-electron chi connectivity index (χ0n) is 16.4. The van der Waals surface area contributed by atoms with Crippen LogP contribution in [0.2, 0.25) is 0 Å². The van der Waals surface area contributed by atoms with Gasteiger partial charge in [0, 0.05) is 10.3 Å². The van der Waals surface area contributed by atoms with Crippen molar-refractivity contribution in [1.82, 2.24) is 0 Å². The minimum atomic E-state index is -1.19. The van der Waals surface area contributed by atoms with E-state index in [0.29, 0.717) is 34.5 Å². The van der Waals surface area contributed by atoms with Gasteiger partial charge in [-0.2, -0.15) is 0 Å². The summed E-state index contributed by atoms with van der Waals surface area (Å²) in [7, 11) is 0. The third kappa shape index (κ3) is 6.67. The van der Waals surface area contributed by atoms with Crippen molar-refractivity contribution in [2.24, 2.45) is 17.8 Å². The van der Waals surface area contributed by atoms with E-state index >= 15 is 0 Å². The zero-order valence-corrected chi connectivity index (χ0v) is 18.6. The van der Waals surface area contributed by atoms with Gasteiger partial charge in [0.2, 0.25) is 0 Å². The number of aliphatic carboxylic acids is 1. The van der Waals surface area contributed by atoms with Crippen LogP contribution in [0, 0.1) is 17.8 Å². The summed E-state index contributed by atoms with van der Waals surface area (Å²) in [5.74, 6) is 0.456. The number of unbranched alkanes of at least 4 members (excludes halogenated alkanes) is 1. The maximum atomic E-state index is 14.0. The molecule has 0 radical (unpaired) electrons. The van der Waals surface area contributed by atoms with Gasteiger partial charge in [-0.05, 0) is 49.9 Å². The summed E-state index contributed by atoms with van der Waals surface area (Å²) >= 11 is 2.39. The second-order valence-corrected chi connectivity index (χ2v) is 9.84. The molecule has 0 aromatic rings. The molecular weight excluding hydrogens is 462 g/mol. The van der Waals surface area contributed by atoms with Crippen LogP contribution in [0.3, 0.4) is 0 Å². The molecule has 156 valence electrons. The Morgan fingerprint density at radius 3 is 2.74 bits per heavy atom. The number of hydrogen-bond donors (Lipinski definition) is 2. The van der Waals surface area contributed by atoms with Gasteiger partial charge in [-0.3, -0.25) is 4.79 Å². The second kappa shape index (κ2) is 11.1. The molecule has 1 saturated carbocycles. The molecule has 2 aliphatic rings. The quantitative estimate of drug-likeness (QED) is 0.242. The second-order valence-electron chi connectivity index (χ2n) is 8.24. The molecule has 2 fully saturated rings. The van der Waals surface area contributed by atoms with Crippen molar-refractivity contribution in [1.29, 1.82) is 0 Å². The van der Waals surface area contributed by atoms with E-state index in [2.05, 4.69) is 29.5 Å². The summed E-state index contributed by atoms with van der Waals surface area (Å²) in [5.41, 5.74) is 0. The summed E-state index contributed by atoms with van der Waals surface area (Å²) in [6.45, 7) is 4.23. The van der Waals surface area contributed by atoms with Gasteiger partial charge in [0.1, 0.15) is 12.3 Å². The van der Waals surface area contributed by atoms with E-state index in [1.165, 1.54) is 0 Å². The first-order valence-corrected chi connectivity index (χ1v) is 11.6. The maximum absolute atomic E-state index is 14.0. The van der Waals surface area contributed by atoms with Crippen LogP contribution in [0.25, 0.3) is 0 Å². The number of halogens is 2. The van der Waals surface area contributed by atoms with Gasteiger partial charge in [-0.15, -0.1) is 0 Å². The minimum absolute atomic E-state index is 0.168. The van der Waals surface area contributed by atoms with Crippen molar-refractivity contribution in [3.8, 4) is 0 Å². The van der Waals surface area contributed by atoms with Crippen molar-refractivity contribution in [3.05, 3.63) is 12.2 Å². The average Bonchev–Trinajstić information content (AvgIpc) is 3.14. The van der Waals surface area contributed by atoms with Gasteiger partial charge >= 0.3 is 5.97 Å². The van der Waals surface area contributed by atoms with Crippen LogP contribution in [0.1, 0.15) is 65.2 Å². The molecule has 1 aliphatic carbocycles. The molecule has 0 amide bonds. The van der Waals surface area contributed by atoms with E-state index in [1.807, 2.05) is 13.0 Å². The van der Waals surface area contributed by atoms with E-state index in [4.69, 9.17) is 9.84 Å². The highest BCUT2D eigenvalue weighted by molar-refractivity contribution is 14.1. The van der Waals surface area contributed by atoms with Crippen LogP contribution in [0.5, 0.6) is 0 Å². The zero-order chi connectivity index (χ0) is 20.0. The molecule has 0 aromatic carbocycles. The van der Waals surface area contributed by atoms with Crippen LogP contribution < -0.4 is 0 Å². The Bertz CT molecular complexity index is 501. The SMILES string of the molecule is CCCC[C@@H](F)[C@H](O)C=C[C@H]1[C@H]2C[C@H]([C@H](I)CCCC(=O)O)O[C@H]2C[C@H]1C. The van der Waals surface area contributed by atoms with Crippen molar-refractivity contribution < 1.29 is 24.1 Å². The predicted molar refractivity (Wildman–Crippen MR) is 113 cm³/mol. The highest BCUT2D eigenvalue weighted by atomic mass is 127. The minimum Gasteiger partial charge on any atom is -0.481 e. The van der Waals surface area contributed by atoms with Gasteiger partial charge in [-0.25, -0.2) is 4.39 Å². The number of aliphatic hydroxyl groups is 1. The summed E-state index contributed by atoms with van der Waals surface area (Å²) < 4.78 is 20.6. The predicted octanol–water partition coefficient (Wildman–Crippen LogP) is 4.92. The monoisotopic (exact) mass is 496 g/mol. The summed E-state index contributed by atoms with van der Waals surface area (Å²) in [6, 6.07) is 0. The van der Waals surface area contributed by atoms with E-state index in [9.17, 15) is 14.3 Å². The van der Waals surface area contributed by atoms with E-state index in [0.717, 1.165) is 32.1 Å². The molecule has 2 rings (SSSR count). The fourth-order valence-electron chi connectivity index (χ4n) is 4.51. The standard InChI is InChI=1S/C21H34FIO4/c1-3-4-6-16(22)18(24)10-9-14-13(2)11-19-15(14)12-20(27-19)17(23)7-5-8-21(25)26/h9-10,13-20,24H,3-8,11-12H2,1-2H3,(H,25,26)/t13-,14-,15-,16-,17-,18-,19+,20-/m1/s1. The molecule has 1 aliphatic heterocycles. The van der Waals surface area contributed by atoms with Crippen LogP contribution in [-0.4, -0.2) is 44.6 Å². The highest BCUT2D eigenvalue weighted by Crippen LogP contribution is 2.48. The lowest BCUT2D eigenvalue weighted by molar-refractivity contribution is -0.137. The Balaban J connectivity index is 1.86. The smallest absolute Gasteiger partial charge is 0.303 e. The third-order valence-electron chi connectivity index (χ3n) is 6.10. The average molecular weight is 496 g/mol. The molecule has 1 heterocycles. The summed E-state index contributed by atoms with van der Waals surface area (Å²) in [5, 5.41) is 18.9. The third-order valence-corrected chi connectivity index (χ3v) is 7.52. The number of ether oxygens (including phenoxy) is 1.